The van der Waals surface area contributed by atoms with Gasteiger partial charge in [-0.15, -0.1) is 11.3 Å². The summed E-state index contributed by atoms with van der Waals surface area (Å²) in [5.41, 5.74) is 3.00. The molecule has 0 bridgehead atoms. The van der Waals surface area contributed by atoms with E-state index in [9.17, 15) is 4.79 Å². The Kier molecular flexibility index (Phi) is 7.40. The van der Waals surface area contributed by atoms with Gasteiger partial charge in [0.1, 0.15) is 16.3 Å². The summed E-state index contributed by atoms with van der Waals surface area (Å²) in [5, 5.41) is 1.40. The largest absolute Gasteiger partial charge is 0.497 e. The molecule has 7 heteroatoms. The number of aromatic nitrogens is 2. The highest BCUT2D eigenvalue weighted by Crippen LogP contribution is 2.31. The highest BCUT2D eigenvalue weighted by atomic mass is 32.2. The summed E-state index contributed by atoms with van der Waals surface area (Å²) in [6, 6.07) is 15.5. The third-order valence-corrected chi connectivity index (χ3v) is 7.59. The van der Waals surface area contributed by atoms with Gasteiger partial charge in [-0.05, 0) is 62.2 Å². The minimum Gasteiger partial charge on any atom is -0.497 e. The van der Waals surface area contributed by atoms with Crippen LogP contribution in [-0.2, 0) is 6.42 Å². The molecule has 0 aliphatic heterocycles. The molecule has 4 aromatic rings. The van der Waals surface area contributed by atoms with Crippen molar-refractivity contribution in [3.05, 3.63) is 74.9 Å². The SMILES string of the molecule is CCCc1sc2nc(SCCOc3ccc(C)cc3)n(-c3ccc(OC)cc3)c(=O)c2c1C. The fraction of sp³-hybridized carbons (Fsp3) is 0.308. The van der Waals surface area contributed by atoms with Crippen molar-refractivity contribution < 1.29 is 9.47 Å². The van der Waals surface area contributed by atoms with Gasteiger partial charge in [-0.3, -0.25) is 9.36 Å². The molecule has 0 saturated heterocycles. The molecule has 0 amide bonds. The van der Waals surface area contributed by atoms with E-state index in [0.717, 1.165) is 45.8 Å². The van der Waals surface area contributed by atoms with Gasteiger partial charge in [-0.25, -0.2) is 4.98 Å². The molecule has 0 radical (unpaired) electrons. The van der Waals surface area contributed by atoms with Crippen LogP contribution in [0.15, 0.2) is 58.5 Å². The van der Waals surface area contributed by atoms with E-state index in [0.29, 0.717) is 17.5 Å². The lowest BCUT2D eigenvalue weighted by atomic mass is 10.1. The van der Waals surface area contributed by atoms with Gasteiger partial charge >= 0.3 is 0 Å². The van der Waals surface area contributed by atoms with Crippen molar-refractivity contribution in [1.82, 2.24) is 9.55 Å². The highest BCUT2D eigenvalue weighted by Gasteiger charge is 2.19. The fourth-order valence-corrected chi connectivity index (χ4v) is 5.81. The molecule has 0 N–H and O–H groups in total. The number of hydrogen-bond acceptors (Lipinski definition) is 6. The maximum atomic E-state index is 13.7. The van der Waals surface area contributed by atoms with Crippen LogP contribution in [0.3, 0.4) is 0 Å². The zero-order chi connectivity index (χ0) is 23.4. The molecule has 2 aromatic heterocycles. The predicted octanol–water partition coefficient (Wildman–Crippen LogP) is 6.20. The average molecular weight is 481 g/mol. The molecule has 2 aromatic carbocycles. The molecular formula is C26H28N2O3S2. The first-order valence-electron chi connectivity index (χ1n) is 11.0. The molecule has 33 heavy (non-hydrogen) atoms. The van der Waals surface area contributed by atoms with Crippen molar-refractivity contribution in [2.75, 3.05) is 19.5 Å². The van der Waals surface area contributed by atoms with Gasteiger partial charge in [-0.2, -0.15) is 0 Å². The maximum Gasteiger partial charge on any atom is 0.267 e. The van der Waals surface area contributed by atoms with E-state index in [1.807, 2.05) is 55.5 Å². The summed E-state index contributed by atoms with van der Waals surface area (Å²) in [4.78, 5) is 20.7. The van der Waals surface area contributed by atoms with Crippen LogP contribution in [0.2, 0.25) is 0 Å². The lowest BCUT2D eigenvalue weighted by Gasteiger charge is -2.13. The zero-order valence-corrected chi connectivity index (χ0v) is 21.0. The Bertz CT molecular complexity index is 1290. The van der Waals surface area contributed by atoms with Gasteiger partial charge in [0, 0.05) is 10.6 Å². The second-order valence-corrected chi connectivity index (χ2v) is 9.97. The van der Waals surface area contributed by atoms with E-state index in [1.165, 1.54) is 22.2 Å². The van der Waals surface area contributed by atoms with Crippen molar-refractivity contribution in [3.8, 4) is 17.2 Å². The van der Waals surface area contributed by atoms with Crippen LogP contribution < -0.4 is 15.0 Å². The first-order chi connectivity index (χ1) is 16.0. The van der Waals surface area contributed by atoms with E-state index >= 15 is 0 Å². The van der Waals surface area contributed by atoms with Crippen LogP contribution in [0.1, 0.15) is 29.3 Å². The average Bonchev–Trinajstić information content (AvgIpc) is 3.13. The van der Waals surface area contributed by atoms with Crippen LogP contribution in [-0.4, -0.2) is 29.0 Å². The van der Waals surface area contributed by atoms with Crippen molar-refractivity contribution in [2.24, 2.45) is 0 Å². The van der Waals surface area contributed by atoms with E-state index in [-0.39, 0.29) is 5.56 Å². The zero-order valence-electron chi connectivity index (χ0n) is 19.4. The number of aryl methyl sites for hydroxylation is 3. The standard InChI is InChI=1S/C26H28N2O3S2/c1-5-6-22-18(3)23-24(33-22)27-26(32-16-15-31-21-11-7-17(2)8-12-21)28(25(23)29)19-9-13-20(30-4)14-10-19/h7-14H,5-6,15-16H2,1-4H3. The molecule has 0 aliphatic carbocycles. The Morgan fingerprint density at radius 2 is 1.73 bits per heavy atom. The molecule has 0 atom stereocenters. The van der Waals surface area contributed by atoms with Gasteiger partial charge in [0.2, 0.25) is 0 Å². The minimum absolute atomic E-state index is 0.0248. The smallest absolute Gasteiger partial charge is 0.267 e. The lowest BCUT2D eigenvalue weighted by Crippen LogP contribution is -2.22. The molecule has 5 nitrogen and oxygen atoms in total. The van der Waals surface area contributed by atoms with Crippen LogP contribution in [0.4, 0.5) is 0 Å². The molecule has 172 valence electrons. The molecule has 0 fully saturated rings. The highest BCUT2D eigenvalue weighted by molar-refractivity contribution is 7.99. The summed E-state index contributed by atoms with van der Waals surface area (Å²) < 4.78 is 12.9. The minimum atomic E-state index is -0.0248. The van der Waals surface area contributed by atoms with Crippen LogP contribution >= 0.6 is 23.1 Å². The Balaban J connectivity index is 1.67. The van der Waals surface area contributed by atoms with E-state index in [4.69, 9.17) is 14.5 Å². The Labute approximate surface area is 202 Å². The summed E-state index contributed by atoms with van der Waals surface area (Å²) >= 11 is 3.17. The topological polar surface area (TPSA) is 53.4 Å². The first-order valence-corrected chi connectivity index (χ1v) is 12.8. The van der Waals surface area contributed by atoms with Crippen molar-refractivity contribution in [2.45, 2.75) is 38.8 Å². The number of thioether (sulfide) groups is 1. The van der Waals surface area contributed by atoms with E-state index < -0.39 is 0 Å². The number of methoxy groups -OCH3 is 1. The van der Waals surface area contributed by atoms with Crippen molar-refractivity contribution in [1.29, 1.82) is 0 Å². The molecule has 4 rings (SSSR count). The Hall–Kier alpha value is -2.77. The van der Waals surface area contributed by atoms with Crippen molar-refractivity contribution >= 4 is 33.3 Å². The lowest BCUT2D eigenvalue weighted by molar-refractivity contribution is 0.344. The Morgan fingerprint density at radius 3 is 2.39 bits per heavy atom. The van der Waals surface area contributed by atoms with E-state index in [1.54, 1.807) is 23.0 Å². The number of fused-ring (bicyclic) bond motifs is 1. The van der Waals surface area contributed by atoms with Gasteiger partial charge in [-0.1, -0.05) is 42.8 Å². The molecule has 0 saturated carbocycles. The monoisotopic (exact) mass is 480 g/mol. The fourth-order valence-electron chi connectivity index (χ4n) is 3.66. The molecule has 0 unspecified atom stereocenters. The summed E-state index contributed by atoms with van der Waals surface area (Å²) in [7, 11) is 1.63. The number of hydrogen-bond donors (Lipinski definition) is 0. The van der Waals surface area contributed by atoms with Crippen LogP contribution in [0.25, 0.3) is 15.9 Å². The predicted molar refractivity (Wildman–Crippen MR) is 138 cm³/mol. The van der Waals surface area contributed by atoms with Gasteiger partial charge in [0.05, 0.1) is 24.8 Å². The normalized spacial score (nSPS) is 11.2. The number of thiophene rings is 1. The van der Waals surface area contributed by atoms with Crippen LogP contribution in [0, 0.1) is 13.8 Å². The number of nitrogens with zero attached hydrogens (tertiary/aromatic N) is 2. The van der Waals surface area contributed by atoms with Gasteiger partial charge in [0.15, 0.2) is 5.16 Å². The third-order valence-electron chi connectivity index (χ3n) is 5.44. The quantitative estimate of drug-likeness (QED) is 0.162. The maximum absolute atomic E-state index is 13.7. The first kappa shape index (κ1) is 23.4. The summed E-state index contributed by atoms with van der Waals surface area (Å²) in [6.45, 7) is 6.77. The number of ether oxygens (including phenoxy) is 2. The van der Waals surface area contributed by atoms with Gasteiger partial charge < -0.3 is 9.47 Å². The Morgan fingerprint density at radius 1 is 1.03 bits per heavy atom. The number of rotatable bonds is 9. The number of benzene rings is 2. The summed E-state index contributed by atoms with van der Waals surface area (Å²) in [6.07, 6.45) is 2.00. The van der Waals surface area contributed by atoms with Crippen LogP contribution in [0.5, 0.6) is 11.5 Å². The third kappa shape index (κ3) is 5.09. The summed E-state index contributed by atoms with van der Waals surface area (Å²) in [5.74, 6) is 2.27. The van der Waals surface area contributed by atoms with Gasteiger partial charge in [0.25, 0.3) is 5.56 Å². The van der Waals surface area contributed by atoms with Crippen molar-refractivity contribution in [3.63, 3.8) is 0 Å². The molecule has 2 heterocycles. The molecule has 0 spiro atoms. The second-order valence-electron chi connectivity index (χ2n) is 7.82. The van der Waals surface area contributed by atoms with E-state index in [2.05, 4.69) is 13.8 Å². The molecular weight excluding hydrogens is 452 g/mol. The second kappa shape index (κ2) is 10.4. The molecule has 0 aliphatic rings.